The van der Waals surface area contributed by atoms with E-state index in [1.165, 1.54) is 11.3 Å². The summed E-state index contributed by atoms with van der Waals surface area (Å²) >= 11 is 1.37. The zero-order chi connectivity index (χ0) is 8.48. The van der Waals surface area contributed by atoms with Crippen molar-refractivity contribution in [2.24, 2.45) is 5.73 Å². The number of hydrogen-bond acceptors (Lipinski definition) is 2. The highest BCUT2D eigenvalue weighted by Gasteiger charge is 2.32. The van der Waals surface area contributed by atoms with Crippen LogP contribution in [0.3, 0.4) is 0 Å². The van der Waals surface area contributed by atoms with Crippen molar-refractivity contribution in [2.45, 2.75) is 18.9 Å². The fourth-order valence-electron chi connectivity index (χ4n) is 0.745. The van der Waals surface area contributed by atoms with Gasteiger partial charge in [-0.05, 0) is 22.4 Å². The molecule has 0 aliphatic heterocycles. The minimum Gasteiger partial charge on any atom is -0.319 e. The van der Waals surface area contributed by atoms with E-state index in [1.54, 1.807) is 16.8 Å². The summed E-state index contributed by atoms with van der Waals surface area (Å²) in [4.78, 5) is 0. The molecular weight excluding hydrogens is 168 g/mol. The van der Waals surface area contributed by atoms with Gasteiger partial charge in [0, 0.05) is 6.92 Å². The van der Waals surface area contributed by atoms with Crippen LogP contribution >= 0.6 is 11.3 Å². The maximum atomic E-state index is 12.6. The van der Waals surface area contributed by atoms with Crippen molar-refractivity contribution in [3.8, 4) is 0 Å². The Labute approximate surface area is 67.8 Å². The SMILES string of the molecule is CC(F)(F)C(N)c1ccsc1. The lowest BCUT2D eigenvalue weighted by atomic mass is 10.1. The first-order chi connectivity index (χ1) is 5.02. The molecule has 62 valence electrons. The average Bonchev–Trinajstić information content (AvgIpc) is 2.34. The van der Waals surface area contributed by atoms with Gasteiger partial charge < -0.3 is 5.73 Å². The molecule has 0 amide bonds. The summed E-state index contributed by atoms with van der Waals surface area (Å²) in [6.07, 6.45) is 0. The van der Waals surface area contributed by atoms with E-state index in [-0.39, 0.29) is 0 Å². The van der Waals surface area contributed by atoms with Gasteiger partial charge in [0.05, 0.1) is 6.04 Å². The smallest absolute Gasteiger partial charge is 0.264 e. The molecule has 1 atom stereocenters. The minimum absolute atomic E-state index is 0.502. The lowest BCUT2D eigenvalue weighted by molar-refractivity contribution is -0.00606. The summed E-state index contributed by atoms with van der Waals surface area (Å²) in [6.45, 7) is 0.829. The molecule has 1 heterocycles. The number of rotatable bonds is 2. The van der Waals surface area contributed by atoms with E-state index in [0.29, 0.717) is 5.56 Å². The zero-order valence-corrected chi connectivity index (χ0v) is 6.87. The van der Waals surface area contributed by atoms with Crippen LogP contribution in [-0.4, -0.2) is 5.92 Å². The molecule has 4 heteroatoms. The molecule has 0 aliphatic carbocycles. The van der Waals surface area contributed by atoms with Gasteiger partial charge in [0.25, 0.3) is 5.92 Å². The van der Waals surface area contributed by atoms with Crippen LogP contribution in [0.4, 0.5) is 8.78 Å². The van der Waals surface area contributed by atoms with Gasteiger partial charge in [-0.25, -0.2) is 8.78 Å². The van der Waals surface area contributed by atoms with Gasteiger partial charge in [-0.3, -0.25) is 0 Å². The highest BCUT2D eigenvalue weighted by atomic mass is 32.1. The molecule has 0 saturated carbocycles. The second kappa shape index (κ2) is 2.87. The van der Waals surface area contributed by atoms with Gasteiger partial charge in [0.2, 0.25) is 0 Å². The Kier molecular flexibility index (Phi) is 2.25. The molecule has 1 aromatic rings. The van der Waals surface area contributed by atoms with E-state index in [1.807, 2.05) is 0 Å². The van der Waals surface area contributed by atoms with Gasteiger partial charge in [0.1, 0.15) is 0 Å². The number of alkyl halides is 2. The zero-order valence-electron chi connectivity index (χ0n) is 6.05. The van der Waals surface area contributed by atoms with Gasteiger partial charge in [0.15, 0.2) is 0 Å². The topological polar surface area (TPSA) is 26.0 Å². The normalized spacial score (nSPS) is 14.9. The lowest BCUT2D eigenvalue weighted by Gasteiger charge is -2.17. The second-order valence-electron chi connectivity index (χ2n) is 2.49. The predicted molar refractivity (Wildman–Crippen MR) is 41.9 cm³/mol. The van der Waals surface area contributed by atoms with Crippen molar-refractivity contribution in [3.05, 3.63) is 22.4 Å². The summed E-state index contributed by atoms with van der Waals surface area (Å²) in [6, 6.07) is 0.445. The van der Waals surface area contributed by atoms with Crippen LogP contribution in [0.5, 0.6) is 0 Å². The highest BCUT2D eigenvalue weighted by molar-refractivity contribution is 7.07. The van der Waals surface area contributed by atoms with Gasteiger partial charge >= 0.3 is 0 Å². The van der Waals surface area contributed by atoms with Gasteiger partial charge in [-0.2, -0.15) is 11.3 Å². The molecule has 0 aliphatic rings. The summed E-state index contributed by atoms with van der Waals surface area (Å²) in [5.74, 6) is -2.83. The first-order valence-corrected chi connectivity index (χ1v) is 4.11. The van der Waals surface area contributed by atoms with Crippen molar-refractivity contribution >= 4 is 11.3 Å². The van der Waals surface area contributed by atoms with E-state index in [4.69, 9.17) is 5.73 Å². The third-order valence-corrected chi connectivity index (χ3v) is 2.15. The summed E-state index contributed by atoms with van der Waals surface area (Å²) in [5, 5.41) is 3.38. The fourth-order valence-corrected chi connectivity index (χ4v) is 1.44. The Balaban J connectivity index is 2.78. The minimum atomic E-state index is -2.83. The van der Waals surface area contributed by atoms with Crippen LogP contribution in [0.1, 0.15) is 18.5 Å². The first-order valence-electron chi connectivity index (χ1n) is 3.17. The molecule has 0 fully saturated rings. The molecule has 0 spiro atoms. The molecule has 0 bridgehead atoms. The van der Waals surface area contributed by atoms with Gasteiger partial charge in [-0.15, -0.1) is 0 Å². The Morgan fingerprint density at radius 2 is 2.27 bits per heavy atom. The van der Waals surface area contributed by atoms with Crippen LogP contribution in [0.15, 0.2) is 16.8 Å². The quantitative estimate of drug-likeness (QED) is 0.737. The molecule has 1 rings (SSSR count). The van der Waals surface area contributed by atoms with Crippen LogP contribution < -0.4 is 5.73 Å². The summed E-state index contributed by atoms with van der Waals surface area (Å²) in [5.41, 5.74) is 5.78. The van der Waals surface area contributed by atoms with E-state index < -0.39 is 12.0 Å². The molecule has 11 heavy (non-hydrogen) atoms. The lowest BCUT2D eigenvalue weighted by Crippen LogP contribution is -2.29. The van der Waals surface area contributed by atoms with Crippen LogP contribution in [0.2, 0.25) is 0 Å². The fraction of sp³-hybridized carbons (Fsp3) is 0.429. The predicted octanol–water partition coefficient (Wildman–Crippen LogP) is 2.40. The Hall–Kier alpha value is -0.480. The number of halogens is 2. The first kappa shape index (κ1) is 8.62. The maximum Gasteiger partial charge on any atom is 0.264 e. The Morgan fingerprint density at radius 3 is 2.64 bits per heavy atom. The molecule has 0 radical (unpaired) electrons. The van der Waals surface area contributed by atoms with Crippen LogP contribution in [0.25, 0.3) is 0 Å². The molecule has 1 aromatic heterocycles. The van der Waals surface area contributed by atoms with E-state index in [2.05, 4.69) is 0 Å². The summed E-state index contributed by atoms with van der Waals surface area (Å²) in [7, 11) is 0. The van der Waals surface area contributed by atoms with Crippen molar-refractivity contribution in [2.75, 3.05) is 0 Å². The van der Waals surface area contributed by atoms with Crippen molar-refractivity contribution < 1.29 is 8.78 Å². The number of thiophene rings is 1. The van der Waals surface area contributed by atoms with Crippen LogP contribution in [0, 0.1) is 0 Å². The number of hydrogen-bond donors (Lipinski definition) is 1. The Morgan fingerprint density at radius 1 is 1.64 bits per heavy atom. The Bertz CT molecular complexity index is 215. The van der Waals surface area contributed by atoms with Crippen molar-refractivity contribution in [3.63, 3.8) is 0 Å². The molecule has 0 saturated heterocycles. The monoisotopic (exact) mass is 177 g/mol. The average molecular weight is 177 g/mol. The molecule has 0 aromatic carbocycles. The second-order valence-corrected chi connectivity index (χ2v) is 3.27. The van der Waals surface area contributed by atoms with Gasteiger partial charge in [-0.1, -0.05) is 0 Å². The third kappa shape index (κ3) is 1.97. The maximum absolute atomic E-state index is 12.6. The standard InChI is InChI=1S/C7H9F2NS/c1-7(8,9)6(10)5-2-3-11-4-5/h2-4,6H,10H2,1H3. The van der Waals surface area contributed by atoms with E-state index >= 15 is 0 Å². The van der Waals surface area contributed by atoms with Crippen molar-refractivity contribution in [1.29, 1.82) is 0 Å². The molecule has 1 nitrogen and oxygen atoms in total. The van der Waals surface area contributed by atoms with E-state index in [0.717, 1.165) is 6.92 Å². The molecule has 2 N–H and O–H groups in total. The van der Waals surface area contributed by atoms with E-state index in [9.17, 15) is 8.78 Å². The number of nitrogens with two attached hydrogens (primary N) is 1. The third-order valence-electron chi connectivity index (χ3n) is 1.45. The van der Waals surface area contributed by atoms with Crippen LogP contribution in [-0.2, 0) is 0 Å². The van der Waals surface area contributed by atoms with Crippen molar-refractivity contribution in [1.82, 2.24) is 0 Å². The molecular formula is C7H9F2NS. The largest absolute Gasteiger partial charge is 0.319 e. The summed E-state index contributed by atoms with van der Waals surface area (Å²) < 4.78 is 25.1. The highest BCUT2D eigenvalue weighted by Crippen LogP contribution is 2.29. The molecule has 1 unspecified atom stereocenters.